The molecular weight excluding hydrogens is 212 g/mol. The lowest BCUT2D eigenvalue weighted by Gasteiger charge is -2.40. The smallest absolute Gasteiger partial charge is 0.137 e. The van der Waals surface area contributed by atoms with Gasteiger partial charge in [0.05, 0.1) is 13.3 Å². The minimum absolute atomic E-state index is 0.229. The molecule has 2 rings (SSSR count). The molecule has 3 nitrogen and oxygen atoms in total. The standard InChI is InChI=1S/C14H22N2O/c1-10-4-5-14(15,7-11(10)2)12-6-13(17-3)9-16-8-12/h6,8-11H,4-5,7,15H2,1-3H3. The van der Waals surface area contributed by atoms with Crippen molar-refractivity contribution in [3.05, 3.63) is 24.0 Å². The van der Waals surface area contributed by atoms with Crippen molar-refractivity contribution in [1.29, 1.82) is 0 Å². The van der Waals surface area contributed by atoms with E-state index >= 15 is 0 Å². The molecule has 94 valence electrons. The van der Waals surface area contributed by atoms with Crippen LogP contribution in [0.3, 0.4) is 0 Å². The molecule has 0 amide bonds. The predicted molar refractivity (Wildman–Crippen MR) is 68.8 cm³/mol. The molecule has 1 aromatic heterocycles. The van der Waals surface area contributed by atoms with Gasteiger partial charge in [0.15, 0.2) is 0 Å². The first kappa shape index (κ1) is 12.4. The Hall–Kier alpha value is -1.09. The first-order chi connectivity index (χ1) is 8.05. The zero-order valence-electron chi connectivity index (χ0n) is 10.9. The molecule has 17 heavy (non-hydrogen) atoms. The highest BCUT2D eigenvalue weighted by atomic mass is 16.5. The minimum Gasteiger partial charge on any atom is -0.495 e. The van der Waals surface area contributed by atoms with Gasteiger partial charge in [-0.3, -0.25) is 4.98 Å². The van der Waals surface area contributed by atoms with E-state index in [-0.39, 0.29) is 5.54 Å². The molecule has 1 heterocycles. The summed E-state index contributed by atoms with van der Waals surface area (Å²) in [5.74, 6) is 2.23. The number of hydrogen-bond acceptors (Lipinski definition) is 3. The van der Waals surface area contributed by atoms with Crippen molar-refractivity contribution in [2.75, 3.05) is 7.11 Å². The Morgan fingerprint density at radius 3 is 2.76 bits per heavy atom. The Balaban J connectivity index is 2.25. The van der Waals surface area contributed by atoms with E-state index in [0.717, 1.165) is 30.1 Å². The summed E-state index contributed by atoms with van der Waals surface area (Å²) >= 11 is 0. The van der Waals surface area contributed by atoms with Crippen LogP contribution in [0.25, 0.3) is 0 Å². The Bertz CT molecular complexity index is 394. The number of pyridine rings is 1. The monoisotopic (exact) mass is 234 g/mol. The third-order valence-corrected chi connectivity index (χ3v) is 4.23. The SMILES string of the molecule is COc1cncc(C2(N)CCC(C)C(C)C2)c1. The average Bonchev–Trinajstić information content (AvgIpc) is 2.34. The topological polar surface area (TPSA) is 48.1 Å². The number of hydrogen-bond donors (Lipinski definition) is 1. The third-order valence-electron chi connectivity index (χ3n) is 4.23. The fraction of sp³-hybridized carbons (Fsp3) is 0.643. The summed E-state index contributed by atoms with van der Waals surface area (Å²) in [6, 6.07) is 2.02. The molecule has 1 aliphatic rings. The highest BCUT2D eigenvalue weighted by Crippen LogP contribution is 2.41. The van der Waals surface area contributed by atoms with Gasteiger partial charge >= 0.3 is 0 Å². The van der Waals surface area contributed by atoms with Crippen molar-refractivity contribution in [1.82, 2.24) is 4.98 Å². The molecule has 3 unspecified atom stereocenters. The fourth-order valence-electron chi connectivity index (χ4n) is 2.71. The van der Waals surface area contributed by atoms with Gasteiger partial charge in [-0.2, -0.15) is 0 Å². The van der Waals surface area contributed by atoms with Crippen LogP contribution < -0.4 is 10.5 Å². The number of ether oxygens (including phenoxy) is 1. The molecule has 2 N–H and O–H groups in total. The van der Waals surface area contributed by atoms with Crippen LogP contribution in [0.4, 0.5) is 0 Å². The van der Waals surface area contributed by atoms with E-state index in [0.29, 0.717) is 5.92 Å². The van der Waals surface area contributed by atoms with Crippen LogP contribution in [-0.2, 0) is 5.54 Å². The van der Waals surface area contributed by atoms with E-state index in [1.807, 2.05) is 12.3 Å². The Kier molecular flexibility index (Phi) is 3.38. The Morgan fingerprint density at radius 1 is 1.35 bits per heavy atom. The molecule has 0 aliphatic heterocycles. The van der Waals surface area contributed by atoms with Gasteiger partial charge in [-0.05, 0) is 42.7 Å². The van der Waals surface area contributed by atoms with E-state index in [4.69, 9.17) is 10.5 Å². The van der Waals surface area contributed by atoms with Crippen molar-refractivity contribution < 1.29 is 4.74 Å². The molecule has 1 saturated carbocycles. The van der Waals surface area contributed by atoms with Crippen molar-refractivity contribution in [3.8, 4) is 5.75 Å². The second kappa shape index (κ2) is 4.65. The molecule has 0 radical (unpaired) electrons. The van der Waals surface area contributed by atoms with Gasteiger partial charge in [-0.15, -0.1) is 0 Å². The summed E-state index contributed by atoms with van der Waals surface area (Å²) < 4.78 is 5.22. The van der Waals surface area contributed by atoms with Crippen molar-refractivity contribution in [3.63, 3.8) is 0 Å². The van der Waals surface area contributed by atoms with Gasteiger partial charge in [0.2, 0.25) is 0 Å². The zero-order chi connectivity index (χ0) is 12.5. The summed E-state index contributed by atoms with van der Waals surface area (Å²) in [5.41, 5.74) is 7.44. The van der Waals surface area contributed by atoms with Crippen LogP contribution in [-0.4, -0.2) is 12.1 Å². The third kappa shape index (κ3) is 2.44. The van der Waals surface area contributed by atoms with Gasteiger partial charge in [-0.1, -0.05) is 13.8 Å². The van der Waals surface area contributed by atoms with Crippen molar-refractivity contribution in [2.45, 2.75) is 38.6 Å². The Morgan fingerprint density at radius 2 is 2.12 bits per heavy atom. The first-order valence-electron chi connectivity index (χ1n) is 6.33. The molecular formula is C14H22N2O. The van der Waals surface area contributed by atoms with E-state index in [1.54, 1.807) is 13.3 Å². The quantitative estimate of drug-likeness (QED) is 0.856. The lowest BCUT2D eigenvalue weighted by Crippen LogP contribution is -2.43. The average molecular weight is 234 g/mol. The molecule has 3 atom stereocenters. The number of methoxy groups -OCH3 is 1. The van der Waals surface area contributed by atoms with Crippen LogP contribution >= 0.6 is 0 Å². The maximum atomic E-state index is 6.56. The Labute approximate surface area is 103 Å². The van der Waals surface area contributed by atoms with Crippen molar-refractivity contribution in [2.24, 2.45) is 17.6 Å². The molecule has 3 heteroatoms. The van der Waals surface area contributed by atoms with E-state index in [2.05, 4.69) is 18.8 Å². The lowest BCUT2D eigenvalue weighted by atomic mass is 9.69. The normalized spacial score (nSPS) is 33.4. The first-order valence-corrected chi connectivity index (χ1v) is 6.33. The van der Waals surface area contributed by atoms with Crippen LogP contribution in [0.5, 0.6) is 5.75 Å². The fourth-order valence-corrected chi connectivity index (χ4v) is 2.71. The van der Waals surface area contributed by atoms with E-state index < -0.39 is 0 Å². The summed E-state index contributed by atoms with van der Waals surface area (Å²) in [6.45, 7) is 4.60. The number of rotatable bonds is 2. The molecule has 0 spiro atoms. The highest BCUT2D eigenvalue weighted by molar-refractivity contribution is 5.29. The molecule has 1 fully saturated rings. The number of aromatic nitrogens is 1. The van der Waals surface area contributed by atoms with E-state index in [9.17, 15) is 0 Å². The lowest BCUT2D eigenvalue weighted by molar-refractivity contribution is 0.176. The molecule has 0 bridgehead atoms. The largest absolute Gasteiger partial charge is 0.495 e. The summed E-state index contributed by atoms with van der Waals surface area (Å²) in [6.07, 6.45) is 6.86. The molecule has 1 aliphatic carbocycles. The summed E-state index contributed by atoms with van der Waals surface area (Å²) in [4.78, 5) is 4.21. The van der Waals surface area contributed by atoms with Gasteiger partial charge in [0.25, 0.3) is 0 Å². The molecule has 1 aromatic rings. The molecule has 0 saturated heterocycles. The summed E-state index contributed by atoms with van der Waals surface area (Å²) in [5, 5.41) is 0. The van der Waals surface area contributed by atoms with Crippen LogP contribution in [0.15, 0.2) is 18.5 Å². The van der Waals surface area contributed by atoms with Crippen LogP contribution in [0.1, 0.15) is 38.7 Å². The maximum absolute atomic E-state index is 6.56. The maximum Gasteiger partial charge on any atom is 0.137 e. The second-order valence-corrected chi connectivity index (χ2v) is 5.47. The second-order valence-electron chi connectivity index (χ2n) is 5.47. The van der Waals surface area contributed by atoms with Gasteiger partial charge in [0, 0.05) is 11.7 Å². The number of nitrogens with zero attached hydrogens (tertiary/aromatic N) is 1. The van der Waals surface area contributed by atoms with Gasteiger partial charge in [-0.25, -0.2) is 0 Å². The summed E-state index contributed by atoms with van der Waals surface area (Å²) in [7, 11) is 1.66. The van der Waals surface area contributed by atoms with E-state index in [1.165, 1.54) is 6.42 Å². The van der Waals surface area contributed by atoms with Crippen LogP contribution in [0.2, 0.25) is 0 Å². The van der Waals surface area contributed by atoms with Crippen LogP contribution in [0, 0.1) is 11.8 Å². The predicted octanol–water partition coefficient (Wildman–Crippen LogP) is 2.70. The van der Waals surface area contributed by atoms with Gasteiger partial charge in [0.1, 0.15) is 5.75 Å². The highest BCUT2D eigenvalue weighted by Gasteiger charge is 2.36. The minimum atomic E-state index is -0.229. The zero-order valence-corrected chi connectivity index (χ0v) is 10.9. The van der Waals surface area contributed by atoms with Gasteiger partial charge < -0.3 is 10.5 Å². The van der Waals surface area contributed by atoms with Crippen molar-refractivity contribution >= 4 is 0 Å². The number of nitrogens with two attached hydrogens (primary N) is 1. The molecule has 0 aromatic carbocycles.